The van der Waals surface area contributed by atoms with E-state index < -0.39 is 5.97 Å². The number of carbonyl (C=O) groups is 1. The van der Waals surface area contributed by atoms with E-state index in [4.69, 9.17) is 13.9 Å². The van der Waals surface area contributed by atoms with Crippen LogP contribution in [0.2, 0.25) is 0 Å². The normalized spacial score (nSPS) is 14.4. The number of nitrogens with one attached hydrogen (secondary N) is 1. The van der Waals surface area contributed by atoms with Gasteiger partial charge >= 0.3 is 5.97 Å². The summed E-state index contributed by atoms with van der Waals surface area (Å²) in [5.41, 5.74) is 0.693. The van der Waals surface area contributed by atoms with Crippen LogP contribution in [0.3, 0.4) is 0 Å². The molecule has 1 atom stereocenters. The Bertz CT molecular complexity index is 1170. The summed E-state index contributed by atoms with van der Waals surface area (Å²) in [6, 6.07) is 4.41. The number of hydrogen-bond donors (Lipinski definition) is 2. The van der Waals surface area contributed by atoms with Crippen molar-refractivity contribution < 1.29 is 23.9 Å². The van der Waals surface area contributed by atoms with Crippen molar-refractivity contribution in [3.8, 4) is 5.75 Å². The van der Waals surface area contributed by atoms with Crippen LogP contribution in [0.15, 0.2) is 35.2 Å². The topological polar surface area (TPSA) is 162 Å². The first-order valence-corrected chi connectivity index (χ1v) is 11.6. The van der Waals surface area contributed by atoms with Crippen molar-refractivity contribution in [1.82, 2.24) is 20.2 Å². The van der Waals surface area contributed by atoms with Crippen LogP contribution in [0.25, 0.3) is 0 Å². The van der Waals surface area contributed by atoms with Crippen molar-refractivity contribution in [3.63, 3.8) is 0 Å². The zero-order chi connectivity index (χ0) is 25.7. The smallest absolute Gasteiger partial charge is 0.337 e. The van der Waals surface area contributed by atoms with E-state index in [0.29, 0.717) is 29.3 Å². The second kappa shape index (κ2) is 11.2. The molecule has 0 spiro atoms. The lowest BCUT2D eigenvalue weighted by Crippen LogP contribution is -2.38. The first-order chi connectivity index (χ1) is 17.5. The summed E-state index contributed by atoms with van der Waals surface area (Å²) in [5.74, 6) is 0.638. The number of nitrogens with zero attached hydrogens (tertiary/aromatic N) is 6. The van der Waals surface area contributed by atoms with E-state index in [0.717, 1.165) is 25.7 Å². The maximum Gasteiger partial charge on any atom is 0.337 e. The highest BCUT2D eigenvalue weighted by atomic mass is 16.8. The summed E-state index contributed by atoms with van der Waals surface area (Å²) in [6.45, 7) is 1.97. The maximum atomic E-state index is 12.1. The molecular formula is C23H28N7O6-. The third-order valence-corrected chi connectivity index (χ3v) is 6.17. The van der Waals surface area contributed by atoms with Crippen LogP contribution < -0.4 is 20.2 Å². The van der Waals surface area contributed by atoms with Crippen molar-refractivity contribution in [2.45, 2.75) is 51.1 Å². The molecule has 1 saturated carbocycles. The summed E-state index contributed by atoms with van der Waals surface area (Å²) < 4.78 is 15.7. The molecule has 13 nitrogen and oxygen atoms in total. The molecule has 4 rings (SSSR count). The fraction of sp³-hybridized carbons (Fsp3) is 0.435. The van der Waals surface area contributed by atoms with Gasteiger partial charge in [0.25, 0.3) is 0 Å². The van der Waals surface area contributed by atoms with Gasteiger partial charge in [-0.3, -0.25) is 5.21 Å². The molecule has 0 amide bonds. The highest BCUT2D eigenvalue weighted by Crippen LogP contribution is 2.40. The highest BCUT2D eigenvalue weighted by molar-refractivity contribution is 5.91. The van der Waals surface area contributed by atoms with Gasteiger partial charge in [0.15, 0.2) is 5.82 Å². The van der Waals surface area contributed by atoms with Crippen LogP contribution in [0, 0.1) is 5.21 Å². The van der Waals surface area contributed by atoms with E-state index in [1.54, 1.807) is 12.1 Å². The molecule has 192 valence electrons. The van der Waals surface area contributed by atoms with E-state index >= 15 is 0 Å². The number of aromatic nitrogens is 4. The molecule has 13 heteroatoms. The molecule has 0 bridgehead atoms. The lowest BCUT2D eigenvalue weighted by atomic mass is 10.1. The number of rotatable bonds is 10. The molecule has 2 aromatic heterocycles. The first kappa shape index (κ1) is 25.1. The Morgan fingerprint density at radius 1 is 1.33 bits per heavy atom. The first-order valence-electron chi connectivity index (χ1n) is 11.6. The standard InChI is InChI=1S/C23H28N7O6/c1-4-17(21-28-25-13-36-21)29(15-7-5-6-8-15)20-18(30(32)33)12-24-23(27-20)26-16-10-9-14(22(31)35-3)11-19(16)34-2/h9-13,15,17,32H,4-8H2,1-3H3,(H,24,26,27)/q-1/t17-/m1/s1. The van der Waals surface area contributed by atoms with Gasteiger partial charge in [-0.15, -0.1) is 10.2 Å². The van der Waals surface area contributed by atoms with Crippen molar-refractivity contribution in [1.29, 1.82) is 0 Å². The largest absolute Gasteiger partial charge is 0.733 e. The van der Waals surface area contributed by atoms with E-state index in [1.165, 1.54) is 32.9 Å². The second-order valence-electron chi connectivity index (χ2n) is 8.25. The maximum absolute atomic E-state index is 12.1. The Morgan fingerprint density at radius 3 is 2.72 bits per heavy atom. The molecule has 0 aliphatic heterocycles. The summed E-state index contributed by atoms with van der Waals surface area (Å²) in [5, 5.41) is 32.7. The average Bonchev–Trinajstić information content (AvgIpc) is 3.61. The summed E-state index contributed by atoms with van der Waals surface area (Å²) in [4.78, 5) is 22.7. The molecule has 1 fully saturated rings. The SMILES string of the molecule is CC[C@H](c1nnco1)N(c1nc(Nc2ccc(C(=O)OC)cc2OC)ncc1N([O-])O)C1CCCC1. The number of hydrogen-bond acceptors (Lipinski definition) is 13. The van der Waals surface area contributed by atoms with Crippen LogP contribution >= 0.6 is 0 Å². The molecule has 1 aliphatic carbocycles. The van der Waals surface area contributed by atoms with Gasteiger partial charge in [0.1, 0.15) is 17.5 Å². The van der Waals surface area contributed by atoms with Crippen LogP contribution in [-0.4, -0.2) is 51.6 Å². The minimum absolute atomic E-state index is 0.0391. The monoisotopic (exact) mass is 498 g/mol. The average molecular weight is 499 g/mol. The van der Waals surface area contributed by atoms with Crippen molar-refractivity contribution in [3.05, 3.63) is 47.5 Å². The molecule has 1 aliphatic rings. The van der Waals surface area contributed by atoms with E-state index in [9.17, 15) is 15.2 Å². The molecule has 3 aromatic rings. The third kappa shape index (κ3) is 5.16. The van der Waals surface area contributed by atoms with Crippen molar-refractivity contribution in [2.75, 3.05) is 29.7 Å². The van der Waals surface area contributed by atoms with Gasteiger partial charge in [-0.05, 0) is 37.5 Å². The molecular weight excluding hydrogens is 470 g/mol. The van der Waals surface area contributed by atoms with Gasteiger partial charge in [0.2, 0.25) is 18.2 Å². The lowest BCUT2D eigenvalue weighted by Gasteiger charge is -2.38. The second-order valence-corrected chi connectivity index (χ2v) is 8.25. The van der Waals surface area contributed by atoms with E-state index in [2.05, 4.69) is 25.5 Å². The lowest BCUT2D eigenvalue weighted by molar-refractivity contribution is 0.0600. The van der Waals surface area contributed by atoms with Crippen LogP contribution in [0.1, 0.15) is 61.3 Å². The van der Waals surface area contributed by atoms with E-state index in [-0.39, 0.29) is 34.8 Å². The van der Waals surface area contributed by atoms with E-state index in [1.807, 2.05) is 11.8 Å². The third-order valence-electron chi connectivity index (χ3n) is 6.17. The Balaban J connectivity index is 1.76. The fourth-order valence-corrected chi connectivity index (χ4v) is 4.49. The number of benzene rings is 1. The highest BCUT2D eigenvalue weighted by Gasteiger charge is 2.34. The van der Waals surface area contributed by atoms with Crippen LogP contribution in [0.5, 0.6) is 5.75 Å². The van der Waals surface area contributed by atoms with Gasteiger partial charge < -0.3 is 34.5 Å². The zero-order valence-corrected chi connectivity index (χ0v) is 20.2. The number of carbonyl (C=O) groups excluding carboxylic acids is 1. The zero-order valence-electron chi connectivity index (χ0n) is 20.2. The molecule has 0 saturated heterocycles. The number of anilines is 4. The Kier molecular flexibility index (Phi) is 7.80. The number of esters is 1. The molecule has 2 N–H and O–H groups in total. The predicted octanol–water partition coefficient (Wildman–Crippen LogP) is 3.99. The molecule has 0 radical (unpaired) electrons. The Labute approximate surface area is 207 Å². The quantitative estimate of drug-likeness (QED) is 0.305. The predicted molar refractivity (Wildman–Crippen MR) is 129 cm³/mol. The van der Waals surface area contributed by atoms with Gasteiger partial charge in [-0.2, -0.15) is 4.98 Å². The van der Waals surface area contributed by atoms with Gasteiger partial charge in [0, 0.05) is 6.04 Å². The van der Waals surface area contributed by atoms with Gasteiger partial charge in [-0.1, -0.05) is 19.8 Å². The minimum Gasteiger partial charge on any atom is -0.733 e. The van der Waals surface area contributed by atoms with Crippen molar-refractivity contribution in [2.24, 2.45) is 0 Å². The van der Waals surface area contributed by atoms with Crippen LogP contribution in [0.4, 0.5) is 23.1 Å². The van der Waals surface area contributed by atoms with Gasteiger partial charge in [0.05, 0.1) is 31.7 Å². The Morgan fingerprint density at radius 2 is 2.11 bits per heavy atom. The summed E-state index contributed by atoms with van der Waals surface area (Å²) >= 11 is 0. The molecule has 36 heavy (non-hydrogen) atoms. The molecule has 2 heterocycles. The van der Waals surface area contributed by atoms with Crippen LogP contribution in [-0.2, 0) is 4.74 Å². The molecule has 1 aromatic carbocycles. The summed E-state index contributed by atoms with van der Waals surface area (Å²) in [6.07, 6.45) is 6.91. The molecule has 0 unspecified atom stereocenters. The Hall–Kier alpha value is -3.97. The number of ether oxygens (including phenoxy) is 2. The summed E-state index contributed by atoms with van der Waals surface area (Å²) in [7, 11) is 2.77. The van der Waals surface area contributed by atoms with Gasteiger partial charge in [-0.25, -0.2) is 9.78 Å². The fourth-order valence-electron chi connectivity index (χ4n) is 4.49. The van der Waals surface area contributed by atoms with Crippen molar-refractivity contribution >= 4 is 29.1 Å². The minimum atomic E-state index is -0.500. The number of methoxy groups -OCH3 is 2.